The molecule has 1 aliphatic rings. The smallest absolute Gasteiger partial charge is 0.269 e. The van der Waals surface area contributed by atoms with Crippen LogP contribution in [0, 0.1) is 11.8 Å². The maximum absolute atomic E-state index is 12.2. The van der Waals surface area contributed by atoms with Gasteiger partial charge in [-0.3, -0.25) is 14.3 Å². The molecule has 6 heteroatoms. The minimum absolute atomic E-state index is 0.124. The van der Waals surface area contributed by atoms with Gasteiger partial charge in [-0.2, -0.15) is 5.10 Å². The van der Waals surface area contributed by atoms with E-state index in [0.717, 1.165) is 13.1 Å². The van der Waals surface area contributed by atoms with E-state index in [0.29, 0.717) is 30.5 Å². The lowest BCUT2D eigenvalue weighted by molar-refractivity contribution is -0.133. The van der Waals surface area contributed by atoms with Crippen LogP contribution in [0.3, 0.4) is 0 Å². The Kier molecular flexibility index (Phi) is 4.98. The van der Waals surface area contributed by atoms with Gasteiger partial charge in [0.15, 0.2) is 0 Å². The average Bonchev–Trinajstić information content (AvgIpc) is 2.83. The van der Waals surface area contributed by atoms with Gasteiger partial charge in [-0.05, 0) is 24.3 Å². The van der Waals surface area contributed by atoms with E-state index >= 15 is 0 Å². The third-order valence-electron chi connectivity index (χ3n) is 3.90. The summed E-state index contributed by atoms with van der Waals surface area (Å²) < 4.78 is 1.52. The molecule has 0 unspecified atom stereocenters. The highest BCUT2D eigenvalue weighted by Crippen LogP contribution is 2.21. The summed E-state index contributed by atoms with van der Waals surface area (Å²) in [5.74, 6) is 1.05. The van der Waals surface area contributed by atoms with Gasteiger partial charge < -0.3 is 10.2 Å². The Labute approximate surface area is 125 Å². The van der Waals surface area contributed by atoms with Crippen LogP contribution >= 0.6 is 0 Å². The number of aromatic nitrogens is 2. The summed E-state index contributed by atoms with van der Waals surface area (Å²) in [6, 6.07) is 1.66. The Balaban J connectivity index is 1.77. The number of aryl methyl sites for hydroxylation is 1. The van der Waals surface area contributed by atoms with E-state index in [2.05, 4.69) is 24.3 Å². The van der Waals surface area contributed by atoms with Crippen LogP contribution in [0.4, 0.5) is 0 Å². The number of carbonyl (C=O) groups is 2. The monoisotopic (exact) mass is 292 g/mol. The molecule has 1 aromatic rings. The molecule has 0 aromatic carbocycles. The van der Waals surface area contributed by atoms with Crippen molar-refractivity contribution in [2.75, 3.05) is 19.6 Å². The lowest BCUT2D eigenvalue weighted by atomic mass is 9.92. The number of carbonyl (C=O) groups excluding carboxylic acids is 2. The molecule has 2 atom stereocenters. The number of amides is 2. The Morgan fingerprint density at radius 1 is 1.33 bits per heavy atom. The third-order valence-corrected chi connectivity index (χ3v) is 3.90. The number of hydrogen-bond donors (Lipinski definition) is 1. The quantitative estimate of drug-likeness (QED) is 0.902. The number of hydrogen-bond acceptors (Lipinski definition) is 3. The van der Waals surface area contributed by atoms with E-state index in [-0.39, 0.29) is 11.8 Å². The SMILES string of the molecule is C[C@@H]1C[C@@H](C)CN(C(=O)CCNC(=O)c2ccnn2C)C1. The molecule has 2 amide bonds. The van der Waals surface area contributed by atoms with E-state index in [1.165, 1.54) is 11.1 Å². The molecule has 0 radical (unpaired) electrons. The van der Waals surface area contributed by atoms with E-state index in [4.69, 9.17) is 0 Å². The van der Waals surface area contributed by atoms with Crippen molar-refractivity contribution in [3.8, 4) is 0 Å². The maximum atomic E-state index is 12.2. The van der Waals surface area contributed by atoms with Gasteiger partial charge in [0, 0.05) is 39.3 Å². The second-order valence-corrected chi connectivity index (χ2v) is 6.09. The summed E-state index contributed by atoms with van der Waals surface area (Å²) >= 11 is 0. The first kappa shape index (κ1) is 15.5. The molecule has 116 valence electrons. The van der Waals surface area contributed by atoms with Crippen LogP contribution in [0.15, 0.2) is 12.3 Å². The molecule has 6 nitrogen and oxygen atoms in total. The van der Waals surface area contributed by atoms with Gasteiger partial charge in [-0.1, -0.05) is 13.8 Å². The Bertz CT molecular complexity index is 502. The Morgan fingerprint density at radius 3 is 2.57 bits per heavy atom. The average molecular weight is 292 g/mol. The van der Waals surface area contributed by atoms with Crippen LogP contribution in [0.25, 0.3) is 0 Å². The summed E-state index contributed by atoms with van der Waals surface area (Å²) in [7, 11) is 1.72. The third kappa shape index (κ3) is 4.06. The molecule has 0 aliphatic carbocycles. The molecular formula is C15H24N4O2. The second kappa shape index (κ2) is 6.74. The summed E-state index contributed by atoms with van der Waals surface area (Å²) in [5.41, 5.74) is 0.502. The minimum Gasteiger partial charge on any atom is -0.350 e. The standard InChI is InChI=1S/C15H24N4O2/c1-11-8-12(2)10-19(9-11)14(20)5-6-16-15(21)13-4-7-17-18(13)3/h4,7,11-12H,5-6,8-10H2,1-3H3,(H,16,21)/t11-,12-/m1/s1. The number of piperidine rings is 1. The zero-order valence-electron chi connectivity index (χ0n) is 13.0. The van der Waals surface area contributed by atoms with E-state index in [9.17, 15) is 9.59 Å². The molecule has 1 aromatic heterocycles. The number of rotatable bonds is 4. The first-order valence-corrected chi connectivity index (χ1v) is 7.51. The van der Waals surface area contributed by atoms with Gasteiger partial charge in [-0.15, -0.1) is 0 Å². The summed E-state index contributed by atoms with van der Waals surface area (Å²) in [5, 5.41) is 6.72. The van der Waals surface area contributed by atoms with Gasteiger partial charge in [0.05, 0.1) is 0 Å². The molecule has 1 N–H and O–H groups in total. The fourth-order valence-corrected chi connectivity index (χ4v) is 2.99. The Morgan fingerprint density at radius 2 is 2.00 bits per heavy atom. The molecule has 0 saturated carbocycles. The topological polar surface area (TPSA) is 67.2 Å². The van der Waals surface area contributed by atoms with Crippen LogP contribution in [-0.2, 0) is 11.8 Å². The summed E-state index contributed by atoms with van der Waals surface area (Å²) in [6.45, 7) is 6.39. The van der Waals surface area contributed by atoms with Crippen molar-refractivity contribution in [3.63, 3.8) is 0 Å². The minimum atomic E-state index is -0.191. The highest BCUT2D eigenvalue weighted by molar-refractivity contribution is 5.92. The predicted molar refractivity (Wildman–Crippen MR) is 79.7 cm³/mol. The van der Waals surface area contributed by atoms with Crippen LogP contribution in [0.5, 0.6) is 0 Å². The summed E-state index contributed by atoms with van der Waals surface area (Å²) in [4.78, 5) is 26.0. The predicted octanol–water partition coefficient (Wildman–Crippen LogP) is 1.04. The fraction of sp³-hybridized carbons (Fsp3) is 0.667. The lowest BCUT2D eigenvalue weighted by Gasteiger charge is -2.35. The molecule has 2 heterocycles. The molecule has 2 rings (SSSR count). The molecule has 21 heavy (non-hydrogen) atoms. The van der Waals surface area contributed by atoms with Crippen LogP contribution < -0.4 is 5.32 Å². The molecular weight excluding hydrogens is 268 g/mol. The van der Waals surface area contributed by atoms with Gasteiger partial charge in [0.25, 0.3) is 5.91 Å². The normalized spacial score (nSPS) is 22.1. The first-order chi connectivity index (χ1) is 9.97. The zero-order valence-corrected chi connectivity index (χ0v) is 13.0. The summed E-state index contributed by atoms with van der Waals surface area (Å²) in [6.07, 6.45) is 3.11. The zero-order chi connectivity index (χ0) is 15.4. The van der Waals surface area contributed by atoms with Crippen molar-refractivity contribution in [1.82, 2.24) is 20.0 Å². The van der Waals surface area contributed by atoms with Crippen molar-refractivity contribution in [1.29, 1.82) is 0 Å². The first-order valence-electron chi connectivity index (χ1n) is 7.51. The highest BCUT2D eigenvalue weighted by Gasteiger charge is 2.25. The Hall–Kier alpha value is -1.85. The molecule has 1 saturated heterocycles. The fourth-order valence-electron chi connectivity index (χ4n) is 2.99. The van der Waals surface area contributed by atoms with Crippen LogP contribution in [0.1, 0.15) is 37.2 Å². The van der Waals surface area contributed by atoms with Crippen molar-refractivity contribution in [2.45, 2.75) is 26.7 Å². The number of nitrogens with zero attached hydrogens (tertiary/aromatic N) is 3. The van der Waals surface area contributed by atoms with Crippen molar-refractivity contribution in [3.05, 3.63) is 18.0 Å². The van der Waals surface area contributed by atoms with Crippen molar-refractivity contribution >= 4 is 11.8 Å². The molecule has 0 bridgehead atoms. The second-order valence-electron chi connectivity index (χ2n) is 6.09. The van der Waals surface area contributed by atoms with Crippen LogP contribution in [0.2, 0.25) is 0 Å². The van der Waals surface area contributed by atoms with Crippen molar-refractivity contribution in [2.24, 2.45) is 18.9 Å². The molecule has 0 spiro atoms. The van der Waals surface area contributed by atoms with Gasteiger partial charge in [0.1, 0.15) is 5.69 Å². The van der Waals surface area contributed by atoms with E-state index < -0.39 is 0 Å². The number of likely N-dealkylation sites (tertiary alicyclic amines) is 1. The number of nitrogens with one attached hydrogen (secondary N) is 1. The highest BCUT2D eigenvalue weighted by atomic mass is 16.2. The van der Waals surface area contributed by atoms with Crippen molar-refractivity contribution < 1.29 is 9.59 Å². The van der Waals surface area contributed by atoms with Gasteiger partial charge in [0.2, 0.25) is 5.91 Å². The van der Waals surface area contributed by atoms with Crippen LogP contribution in [-0.4, -0.2) is 46.1 Å². The van der Waals surface area contributed by atoms with Gasteiger partial charge in [-0.25, -0.2) is 0 Å². The lowest BCUT2D eigenvalue weighted by Crippen LogP contribution is -2.43. The van der Waals surface area contributed by atoms with E-state index in [1.54, 1.807) is 19.3 Å². The van der Waals surface area contributed by atoms with E-state index in [1.807, 2.05) is 4.90 Å². The molecule has 1 aliphatic heterocycles. The molecule has 1 fully saturated rings. The van der Waals surface area contributed by atoms with Gasteiger partial charge >= 0.3 is 0 Å². The largest absolute Gasteiger partial charge is 0.350 e. The maximum Gasteiger partial charge on any atom is 0.269 e.